The summed E-state index contributed by atoms with van der Waals surface area (Å²) in [6.07, 6.45) is 1.74. The summed E-state index contributed by atoms with van der Waals surface area (Å²) in [7, 11) is -2.81. The van der Waals surface area contributed by atoms with Crippen LogP contribution >= 0.6 is 0 Å². The number of nitrogens with zero attached hydrogens (tertiary/aromatic N) is 2. The number of hydrogen-bond acceptors (Lipinski definition) is 5. The average molecular weight is 646 g/mol. The molecule has 0 saturated heterocycles. The number of anilines is 1. The van der Waals surface area contributed by atoms with E-state index in [4.69, 9.17) is 4.74 Å². The van der Waals surface area contributed by atoms with E-state index in [0.717, 1.165) is 28.3 Å². The van der Waals surface area contributed by atoms with Crippen LogP contribution in [0.25, 0.3) is 0 Å². The first-order valence-electron chi connectivity index (χ1n) is 15.2. The predicted octanol–water partition coefficient (Wildman–Crippen LogP) is 5.89. The Morgan fingerprint density at radius 1 is 0.913 bits per heavy atom. The van der Waals surface area contributed by atoms with Gasteiger partial charge in [0, 0.05) is 31.1 Å². The molecule has 0 bridgehead atoms. The van der Waals surface area contributed by atoms with Crippen LogP contribution < -0.4 is 14.4 Å². The van der Waals surface area contributed by atoms with Gasteiger partial charge in [-0.2, -0.15) is 0 Å². The lowest BCUT2D eigenvalue weighted by Gasteiger charge is -2.34. The molecule has 1 atom stereocenters. The molecule has 0 aromatic heterocycles. The molecule has 0 aliphatic heterocycles. The number of hydrogen-bond donors (Lipinski definition) is 1. The Kier molecular flexibility index (Phi) is 11.9. The molecule has 10 heteroatoms. The van der Waals surface area contributed by atoms with E-state index < -0.39 is 40.2 Å². The fraction of sp³-hybridized carbons (Fsp3) is 0.278. The average Bonchev–Trinajstić information content (AvgIpc) is 3.06. The van der Waals surface area contributed by atoms with Crippen LogP contribution in [0.1, 0.15) is 36.5 Å². The van der Waals surface area contributed by atoms with Gasteiger partial charge in [-0.3, -0.25) is 13.9 Å². The molecule has 4 aromatic carbocycles. The van der Waals surface area contributed by atoms with Gasteiger partial charge in [0.15, 0.2) is 0 Å². The molecule has 0 heterocycles. The molecular formula is C36H40FN3O5S. The monoisotopic (exact) mass is 645 g/mol. The first kappa shape index (κ1) is 34.2. The largest absolute Gasteiger partial charge is 0.497 e. The summed E-state index contributed by atoms with van der Waals surface area (Å²) >= 11 is 0. The second-order valence-electron chi connectivity index (χ2n) is 11.0. The van der Waals surface area contributed by atoms with Gasteiger partial charge in [-0.05, 0) is 49.2 Å². The van der Waals surface area contributed by atoms with Gasteiger partial charge in [0.2, 0.25) is 11.8 Å². The third kappa shape index (κ3) is 8.72. The second-order valence-corrected chi connectivity index (χ2v) is 12.9. The molecule has 0 radical (unpaired) electrons. The zero-order valence-corrected chi connectivity index (χ0v) is 27.2. The molecule has 2 amide bonds. The molecule has 0 unspecified atom stereocenters. The van der Waals surface area contributed by atoms with Crippen molar-refractivity contribution in [1.29, 1.82) is 0 Å². The van der Waals surface area contributed by atoms with E-state index in [9.17, 15) is 18.0 Å². The number of benzene rings is 4. The van der Waals surface area contributed by atoms with Crippen LogP contribution in [-0.2, 0) is 32.6 Å². The number of methoxy groups -OCH3 is 1. The molecule has 0 saturated carbocycles. The molecule has 4 rings (SSSR count). The van der Waals surface area contributed by atoms with Gasteiger partial charge in [0.05, 0.1) is 17.7 Å². The van der Waals surface area contributed by atoms with Crippen LogP contribution in [0.15, 0.2) is 108 Å². The maximum absolute atomic E-state index is 15.0. The predicted molar refractivity (Wildman–Crippen MR) is 178 cm³/mol. The second kappa shape index (κ2) is 16.0. The van der Waals surface area contributed by atoms with E-state index in [1.165, 1.54) is 36.3 Å². The molecule has 8 nitrogen and oxygen atoms in total. The summed E-state index contributed by atoms with van der Waals surface area (Å²) in [5.41, 5.74) is 2.06. The number of carbonyl (C=O) groups excluding carboxylic acids is 2. The molecule has 0 aliphatic carbocycles. The number of ether oxygens (including phenoxy) is 1. The van der Waals surface area contributed by atoms with Gasteiger partial charge in [-0.1, -0.05) is 85.6 Å². The maximum Gasteiger partial charge on any atom is 0.264 e. The Morgan fingerprint density at radius 2 is 1.61 bits per heavy atom. The molecule has 242 valence electrons. The van der Waals surface area contributed by atoms with Gasteiger partial charge >= 0.3 is 0 Å². The quantitative estimate of drug-likeness (QED) is 0.163. The number of nitrogens with one attached hydrogen (secondary N) is 1. The standard InChI is InChI=1S/C36H40FN3O5S/c1-4-5-22-38-36(42)34(23-28-12-7-6-8-13-28)39(25-29-14-9-10-17-33(29)37)35(41)26-40(30-15-11-16-31(24-30)45-3)46(43,44)32-20-18-27(2)19-21-32/h6-21,24,34H,4-5,22-23,25-26H2,1-3H3,(H,38,42)/t34-/m1/s1. The first-order chi connectivity index (χ1) is 22.1. The van der Waals surface area contributed by atoms with Crippen LogP contribution in [0.4, 0.5) is 10.1 Å². The summed E-state index contributed by atoms with van der Waals surface area (Å²) in [5, 5.41) is 2.93. The Labute approximate surface area is 270 Å². The first-order valence-corrected chi connectivity index (χ1v) is 16.7. The smallest absolute Gasteiger partial charge is 0.264 e. The van der Waals surface area contributed by atoms with E-state index in [1.54, 1.807) is 48.5 Å². The van der Waals surface area contributed by atoms with Crippen LogP contribution in [0, 0.1) is 12.7 Å². The van der Waals surface area contributed by atoms with Crippen LogP contribution in [0.5, 0.6) is 5.75 Å². The number of sulfonamides is 1. The minimum Gasteiger partial charge on any atom is -0.497 e. The van der Waals surface area contributed by atoms with Crippen molar-refractivity contribution in [2.24, 2.45) is 0 Å². The zero-order chi connectivity index (χ0) is 33.1. The van der Waals surface area contributed by atoms with Gasteiger partial charge in [0.1, 0.15) is 24.2 Å². The van der Waals surface area contributed by atoms with Crippen molar-refractivity contribution in [2.45, 2.75) is 50.6 Å². The van der Waals surface area contributed by atoms with Gasteiger partial charge in [-0.15, -0.1) is 0 Å². The number of carbonyl (C=O) groups is 2. The topological polar surface area (TPSA) is 96.0 Å². The molecule has 4 aromatic rings. The van der Waals surface area contributed by atoms with E-state index in [1.807, 2.05) is 44.2 Å². The van der Waals surface area contributed by atoms with Crippen molar-refractivity contribution in [1.82, 2.24) is 10.2 Å². The third-order valence-corrected chi connectivity index (χ3v) is 9.42. The van der Waals surface area contributed by atoms with Crippen molar-refractivity contribution < 1.29 is 27.1 Å². The minimum atomic E-state index is -4.27. The van der Waals surface area contributed by atoms with E-state index in [0.29, 0.717) is 12.3 Å². The summed E-state index contributed by atoms with van der Waals surface area (Å²) < 4.78 is 49.7. The Bertz CT molecular complexity index is 1720. The number of halogens is 1. The molecular weight excluding hydrogens is 605 g/mol. The minimum absolute atomic E-state index is 0.00693. The van der Waals surface area contributed by atoms with E-state index in [2.05, 4.69) is 5.32 Å². The van der Waals surface area contributed by atoms with Crippen molar-refractivity contribution in [3.63, 3.8) is 0 Å². The highest BCUT2D eigenvalue weighted by Crippen LogP contribution is 2.28. The van der Waals surface area contributed by atoms with Gasteiger partial charge in [0.25, 0.3) is 10.0 Å². The summed E-state index contributed by atoms with van der Waals surface area (Å²) in [6, 6.07) is 26.9. The van der Waals surface area contributed by atoms with Crippen molar-refractivity contribution in [3.05, 3.63) is 126 Å². The Balaban J connectivity index is 1.81. The van der Waals surface area contributed by atoms with Crippen molar-refractivity contribution in [2.75, 3.05) is 24.5 Å². The SMILES string of the molecule is CCCCNC(=O)[C@@H](Cc1ccccc1)N(Cc1ccccc1F)C(=O)CN(c1cccc(OC)c1)S(=O)(=O)c1ccc(C)cc1. The van der Waals surface area contributed by atoms with E-state index >= 15 is 4.39 Å². The molecule has 0 fully saturated rings. The molecule has 1 N–H and O–H groups in total. The lowest BCUT2D eigenvalue weighted by molar-refractivity contribution is -0.140. The fourth-order valence-electron chi connectivity index (χ4n) is 5.00. The molecule has 0 spiro atoms. The number of unbranched alkanes of at least 4 members (excludes halogenated alkanes) is 1. The number of aryl methyl sites for hydroxylation is 1. The molecule has 0 aliphatic rings. The van der Waals surface area contributed by atoms with E-state index in [-0.39, 0.29) is 29.1 Å². The van der Waals surface area contributed by atoms with Crippen molar-refractivity contribution in [3.8, 4) is 5.75 Å². The highest BCUT2D eigenvalue weighted by atomic mass is 32.2. The maximum atomic E-state index is 15.0. The number of amides is 2. The van der Waals surface area contributed by atoms with Gasteiger partial charge < -0.3 is 15.0 Å². The third-order valence-electron chi connectivity index (χ3n) is 7.63. The normalized spacial score (nSPS) is 11.8. The lowest BCUT2D eigenvalue weighted by atomic mass is 10.0. The highest BCUT2D eigenvalue weighted by Gasteiger charge is 2.35. The molecule has 46 heavy (non-hydrogen) atoms. The van der Waals surface area contributed by atoms with Crippen LogP contribution in [0.2, 0.25) is 0 Å². The highest BCUT2D eigenvalue weighted by molar-refractivity contribution is 7.92. The van der Waals surface area contributed by atoms with Crippen LogP contribution in [-0.4, -0.2) is 51.4 Å². The zero-order valence-electron chi connectivity index (χ0n) is 26.4. The Morgan fingerprint density at radius 3 is 2.28 bits per heavy atom. The van der Waals surface area contributed by atoms with Crippen molar-refractivity contribution >= 4 is 27.5 Å². The number of rotatable bonds is 15. The summed E-state index contributed by atoms with van der Waals surface area (Å²) in [6.45, 7) is 3.36. The van der Waals surface area contributed by atoms with Crippen LogP contribution in [0.3, 0.4) is 0 Å². The Hall–Kier alpha value is -4.70. The fourth-order valence-corrected chi connectivity index (χ4v) is 6.41. The summed E-state index contributed by atoms with van der Waals surface area (Å²) in [4.78, 5) is 29.5. The summed E-state index contributed by atoms with van der Waals surface area (Å²) in [5.74, 6) is -1.22. The lowest BCUT2D eigenvalue weighted by Crippen LogP contribution is -2.53. The van der Waals surface area contributed by atoms with Gasteiger partial charge in [-0.25, -0.2) is 12.8 Å².